The van der Waals surface area contributed by atoms with Gasteiger partial charge in [0.15, 0.2) is 11.5 Å². The summed E-state index contributed by atoms with van der Waals surface area (Å²) in [5, 5.41) is 3.36. The number of para-hydroxylation sites is 1. The van der Waals surface area contributed by atoms with Crippen LogP contribution in [0.4, 0.5) is 11.4 Å². The van der Waals surface area contributed by atoms with Crippen LogP contribution < -0.4 is 15.8 Å². The number of rotatable bonds is 4. The third-order valence-corrected chi connectivity index (χ3v) is 4.52. The molecule has 0 saturated carbocycles. The maximum atomic E-state index is 12.8. The number of pyridine rings is 1. The molecule has 0 amide bonds. The highest BCUT2D eigenvalue weighted by molar-refractivity contribution is 6.02. The van der Waals surface area contributed by atoms with Crippen molar-refractivity contribution in [3.05, 3.63) is 78.0 Å². The molecule has 2 heterocycles. The van der Waals surface area contributed by atoms with Crippen molar-refractivity contribution in [1.82, 2.24) is 4.98 Å². The molecule has 0 bridgehead atoms. The number of Topliss-reactive ketones (excluding diaryl/α,β-unsaturated/α-hetero) is 1. The third kappa shape index (κ3) is 3.11. The van der Waals surface area contributed by atoms with E-state index in [0.717, 1.165) is 24.1 Å². The molecule has 4 rings (SSSR count). The number of aromatic nitrogens is 1. The zero-order chi connectivity index (χ0) is 17.9. The predicted octanol–water partition coefficient (Wildman–Crippen LogP) is 4.07. The maximum Gasteiger partial charge on any atom is 0.242 e. The van der Waals surface area contributed by atoms with Crippen LogP contribution in [0.3, 0.4) is 0 Å². The molecule has 0 radical (unpaired) electrons. The van der Waals surface area contributed by atoms with Gasteiger partial charge < -0.3 is 15.8 Å². The molecule has 130 valence electrons. The molecule has 5 heteroatoms. The van der Waals surface area contributed by atoms with Crippen molar-refractivity contribution in [1.29, 1.82) is 0 Å². The Kier molecular flexibility index (Phi) is 4.27. The number of aryl methyl sites for hydroxylation is 1. The first-order valence-electron chi connectivity index (χ1n) is 8.58. The van der Waals surface area contributed by atoms with E-state index in [1.165, 1.54) is 0 Å². The normalized spacial score (nSPS) is 15.6. The van der Waals surface area contributed by atoms with Gasteiger partial charge in [-0.05, 0) is 36.6 Å². The first-order chi connectivity index (χ1) is 12.7. The van der Waals surface area contributed by atoms with E-state index in [-0.39, 0.29) is 11.8 Å². The number of fused-ring (bicyclic) bond motifs is 1. The number of carbonyl (C=O) groups is 1. The first kappa shape index (κ1) is 16.1. The third-order valence-electron chi connectivity index (χ3n) is 4.52. The fraction of sp³-hybridized carbons (Fsp3) is 0.143. The smallest absolute Gasteiger partial charge is 0.242 e. The number of benzene rings is 2. The summed E-state index contributed by atoms with van der Waals surface area (Å²) < 4.78 is 5.93. The van der Waals surface area contributed by atoms with Crippen molar-refractivity contribution in [2.75, 3.05) is 11.1 Å². The van der Waals surface area contributed by atoms with Crippen molar-refractivity contribution in [2.45, 2.75) is 18.9 Å². The number of anilines is 2. The largest absolute Gasteiger partial charge is 0.435 e. The van der Waals surface area contributed by atoms with Crippen molar-refractivity contribution < 1.29 is 9.53 Å². The molecule has 1 aromatic heterocycles. The summed E-state index contributed by atoms with van der Waals surface area (Å²) in [7, 11) is 0. The molecule has 1 unspecified atom stereocenters. The molecular weight excluding hydrogens is 326 g/mol. The zero-order valence-electron chi connectivity index (χ0n) is 14.2. The molecule has 0 aliphatic carbocycles. The van der Waals surface area contributed by atoms with Gasteiger partial charge in [-0.25, -0.2) is 4.98 Å². The SMILES string of the molecule is Nc1cccnc1Oc1cccc2c1NC(C(=O)c1ccccc1)CC2. The van der Waals surface area contributed by atoms with Gasteiger partial charge in [-0.15, -0.1) is 0 Å². The average molecular weight is 345 g/mol. The van der Waals surface area contributed by atoms with Crippen LogP contribution in [0, 0.1) is 0 Å². The number of nitrogens with two attached hydrogens (primary N) is 1. The molecule has 3 aromatic rings. The van der Waals surface area contributed by atoms with E-state index in [2.05, 4.69) is 10.3 Å². The molecular formula is C21H19N3O2. The first-order valence-corrected chi connectivity index (χ1v) is 8.58. The molecule has 2 aromatic carbocycles. The fourth-order valence-electron chi connectivity index (χ4n) is 3.17. The highest BCUT2D eigenvalue weighted by Gasteiger charge is 2.27. The Hall–Kier alpha value is -3.34. The van der Waals surface area contributed by atoms with E-state index >= 15 is 0 Å². The van der Waals surface area contributed by atoms with E-state index in [1.807, 2.05) is 48.5 Å². The van der Waals surface area contributed by atoms with Crippen LogP contribution in [0.25, 0.3) is 0 Å². The van der Waals surface area contributed by atoms with E-state index in [9.17, 15) is 4.79 Å². The van der Waals surface area contributed by atoms with E-state index < -0.39 is 0 Å². The predicted molar refractivity (Wildman–Crippen MR) is 102 cm³/mol. The topological polar surface area (TPSA) is 77.2 Å². The minimum atomic E-state index is -0.282. The Morgan fingerprint density at radius 1 is 1.08 bits per heavy atom. The summed E-state index contributed by atoms with van der Waals surface area (Å²) >= 11 is 0. The van der Waals surface area contributed by atoms with E-state index in [0.29, 0.717) is 22.9 Å². The van der Waals surface area contributed by atoms with Gasteiger partial charge in [0.05, 0.1) is 17.4 Å². The summed E-state index contributed by atoms with van der Waals surface area (Å²) in [5.74, 6) is 1.07. The number of ether oxygens (including phenoxy) is 1. The number of nitrogens with one attached hydrogen (secondary N) is 1. The number of hydrogen-bond donors (Lipinski definition) is 2. The Morgan fingerprint density at radius 3 is 2.73 bits per heavy atom. The number of hydrogen-bond acceptors (Lipinski definition) is 5. The van der Waals surface area contributed by atoms with Crippen molar-refractivity contribution in [2.24, 2.45) is 0 Å². The quantitative estimate of drug-likeness (QED) is 0.697. The molecule has 0 saturated heterocycles. The molecule has 0 spiro atoms. The van der Waals surface area contributed by atoms with E-state index in [1.54, 1.807) is 18.3 Å². The Labute approximate surface area is 151 Å². The lowest BCUT2D eigenvalue weighted by molar-refractivity contribution is 0.0964. The highest BCUT2D eigenvalue weighted by Crippen LogP contribution is 2.37. The Bertz CT molecular complexity index is 941. The van der Waals surface area contributed by atoms with Crippen LogP contribution in [0.5, 0.6) is 11.6 Å². The van der Waals surface area contributed by atoms with E-state index in [4.69, 9.17) is 10.5 Å². The van der Waals surface area contributed by atoms with Gasteiger partial charge in [0.1, 0.15) is 0 Å². The molecule has 3 N–H and O–H groups in total. The molecule has 0 fully saturated rings. The van der Waals surface area contributed by atoms with Gasteiger partial charge in [-0.1, -0.05) is 42.5 Å². The second kappa shape index (κ2) is 6.88. The standard InChI is InChI=1S/C21H19N3O2/c22-16-9-5-13-23-21(16)26-18-10-4-8-14-11-12-17(24-19(14)18)20(25)15-6-2-1-3-7-15/h1-10,13,17,24H,11-12,22H2. The van der Waals surface area contributed by atoms with Gasteiger partial charge in [0.25, 0.3) is 0 Å². The fourth-order valence-corrected chi connectivity index (χ4v) is 3.17. The lowest BCUT2D eigenvalue weighted by Crippen LogP contribution is -2.33. The Balaban J connectivity index is 1.62. The number of nitrogens with zero attached hydrogens (tertiary/aromatic N) is 1. The lowest BCUT2D eigenvalue weighted by Gasteiger charge is -2.27. The molecule has 5 nitrogen and oxygen atoms in total. The number of ketones is 1. The van der Waals surface area contributed by atoms with Crippen LogP contribution >= 0.6 is 0 Å². The van der Waals surface area contributed by atoms with Gasteiger partial charge >= 0.3 is 0 Å². The second-order valence-corrected chi connectivity index (χ2v) is 6.26. The lowest BCUT2D eigenvalue weighted by atomic mass is 9.92. The Morgan fingerprint density at radius 2 is 1.92 bits per heavy atom. The molecule has 1 atom stereocenters. The van der Waals surface area contributed by atoms with Crippen molar-refractivity contribution >= 4 is 17.2 Å². The van der Waals surface area contributed by atoms with Crippen LogP contribution in [0.1, 0.15) is 22.3 Å². The summed E-state index contributed by atoms with van der Waals surface area (Å²) in [4.78, 5) is 17.0. The monoisotopic (exact) mass is 345 g/mol. The highest BCUT2D eigenvalue weighted by atomic mass is 16.5. The second-order valence-electron chi connectivity index (χ2n) is 6.26. The van der Waals surface area contributed by atoms with Gasteiger partial charge in [0.2, 0.25) is 5.88 Å². The van der Waals surface area contributed by atoms with Gasteiger partial charge in [0, 0.05) is 11.8 Å². The minimum absolute atomic E-state index is 0.0865. The summed E-state index contributed by atoms with van der Waals surface area (Å²) in [6, 6.07) is 18.4. The summed E-state index contributed by atoms with van der Waals surface area (Å²) in [6.45, 7) is 0. The molecule has 26 heavy (non-hydrogen) atoms. The van der Waals surface area contributed by atoms with Gasteiger partial charge in [-0.3, -0.25) is 4.79 Å². The molecule has 1 aliphatic rings. The summed E-state index contributed by atoms with van der Waals surface area (Å²) in [6.07, 6.45) is 3.19. The van der Waals surface area contributed by atoms with Crippen molar-refractivity contribution in [3.63, 3.8) is 0 Å². The van der Waals surface area contributed by atoms with Crippen LogP contribution in [-0.2, 0) is 6.42 Å². The zero-order valence-corrected chi connectivity index (χ0v) is 14.2. The number of nitrogen functional groups attached to an aromatic ring is 1. The number of carbonyl (C=O) groups excluding carboxylic acids is 1. The molecule has 1 aliphatic heterocycles. The maximum absolute atomic E-state index is 12.8. The minimum Gasteiger partial charge on any atom is -0.435 e. The van der Waals surface area contributed by atoms with Crippen molar-refractivity contribution in [3.8, 4) is 11.6 Å². The average Bonchev–Trinajstić information content (AvgIpc) is 2.70. The van der Waals surface area contributed by atoms with Gasteiger partial charge in [-0.2, -0.15) is 0 Å². The van der Waals surface area contributed by atoms with Crippen LogP contribution in [0.2, 0.25) is 0 Å². The van der Waals surface area contributed by atoms with Crippen LogP contribution in [0.15, 0.2) is 66.9 Å². The van der Waals surface area contributed by atoms with Crippen LogP contribution in [-0.4, -0.2) is 16.8 Å². The summed E-state index contributed by atoms with van der Waals surface area (Å²) in [5.41, 5.74) is 9.06.